The van der Waals surface area contributed by atoms with Crippen LogP contribution in [0, 0.1) is 0 Å². The summed E-state index contributed by atoms with van der Waals surface area (Å²) in [6.45, 7) is 4.39. The fraction of sp³-hybridized carbons (Fsp3) is 0.500. The van der Waals surface area contributed by atoms with E-state index in [4.69, 9.17) is 15.2 Å². The van der Waals surface area contributed by atoms with Gasteiger partial charge in [-0.2, -0.15) is 0 Å². The molecule has 1 rings (SSSR count). The minimum atomic E-state index is -0.0287. The first-order chi connectivity index (χ1) is 9.22. The first-order valence-electron chi connectivity index (χ1n) is 6.53. The zero-order chi connectivity index (χ0) is 13.9. The molecule has 0 spiro atoms. The molecule has 0 unspecified atom stereocenters. The molecular weight excluding hydrogens is 244 g/mol. The van der Waals surface area contributed by atoms with Gasteiger partial charge in [0.25, 0.3) is 0 Å². The molecular formula is C14H22N2O3. The van der Waals surface area contributed by atoms with Gasteiger partial charge >= 0.3 is 0 Å². The summed E-state index contributed by atoms with van der Waals surface area (Å²) in [6.07, 6.45) is 1.13. The van der Waals surface area contributed by atoms with Gasteiger partial charge in [-0.05, 0) is 31.5 Å². The molecule has 1 aromatic carbocycles. The molecule has 3 N–H and O–H groups in total. The van der Waals surface area contributed by atoms with Gasteiger partial charge in [-0.25, -0.2) is 0 Å². The van der Waals surface area contributed by atoms with E-state index in [1.165, 1.54) is 0 Å². The monoisotopic (exact) mass is 266 g/mol. The Labute approximate surface area is 114 Å². The number of nitrogens with one attached hydrogen (secondary N) is 1. The van der Waals surface area contributed by atoms with Gasteiger partial charge < -0.3 is 20.5 Å². The molecule has 0 radical (unpaired) electrons. The van der Waals surface area contributed by atoms with Crippen LogP contribution in [-0.4, -0.2) is 32.3 Å². The number of amides is 1. The molecule has 0 atom stereocenters. The molecule has 5 nitrogen and oxygen atoms in total. The SMILES string of the molecule is CCOCCOCCCC(=O)Nc1cccc(N)c1. The zero-order valence-electron chi connectivity index (χ0n) is 11.4. The van der Waals surface area contributed by atoms with Crippen LogP contribution < -0.4 is 11.1 Å². The number of benzene rings is 1. The van der Waals surface area contributed by atoms with Crippen LogP contribution in [0.3, 0.4) is 0 Å². The number of hydrogen-bond acceptors (Lipinski definition) is 4. The lowest BCUT2D eigenvalue weighted by Gasteiger charge is -2.06. The van der Waals surface area contributed by atoms with E-state index in [-0.39, 0.29) is 5.91 Å². The van der Waals surface area contributed by atoms with Crippen LogP contribution in [0.1, 0.15) is 19.8 Å². The van der Waals surface area contributed by atoms with Crippen LogP contribution >= 0.6 is 0 Å². The number of carbonyl (C=O) groups excluding carboxylic acids is 1. The molecule has 0 bridgehead atoms. The number of rotatable bonds is 9. The largest absolute Gasteiger partial charge is 0.399 e. The highest BCUT2D eigenvalue weighted by molar-refractivity contribution is 5.91. The van der Waals surface area contributed by atoms with Crippen molar-refractivity contribution in [3.8, 4) is 0 Å². The van der Waals surface area contributed by atoms with Crippen LogP contribution in [0.4, 0.5) is 11.4 Å². The number of nitrogen functional groups attached to an aromatic ring is 1. The lowest BCUT2D eigenvalue weighted by atomic mass is 10.2. The summed E-state index contributed by atoms with van der Waals surface area (Å²) in [6, 6.07) is 7.13. The van der Waals surface area contributed by atoms with Crippen LogP contribution in [0.25, 0.3) is 0 Å². The minimum Gasteiger partial charge on any atom is -0.399 e. The quantitative estimate of drug-likeness (QED) is 0.530. The van der Waals surface area contributed by atoms with Crippen molar-refractivity contribution < 1.29 is 14.3 Å². The van der Waals surface area contributed by atoms with Crippen LogP contribution in [0.15, 0.2) is 24.3 Å². The van der Waals surface area contributed by atoms with E-state index in [0.717, 1.165) is 5.69 Å². The van der Waals surface area contributed by atoms with Crippen LogP contribution in [-0.2, 0) is 14.3 Å². The zero-order valence-corrected chi connectivity index (χ0v) is 11.4. The highest BCUT2D eigenvalue weighted by Gasteiger charge is 2.02. The fourth-order valence-corrected chi connectivity index (χ4v) is 1.54. The topological polar surface area (TPSA) is 73.6 Å². The van der Waals surface area contributed by atoms with Crippen molar-refractivity contribution in [3.05, 3.63) is 24.3 Å². The van der Waals surface area contributed by atoms with Crippen LogP contribution in [0.5, 0.6) is 0 Å². The van der Waals surface area contributed by atoms with Gasteiger partial charge in [-0.15, -0.1) is 0 Å². The summed E-state index contributed by atoms with van der Waals surface area (Å²) in [5.41, 5.74) is 6.99. The number of ether oxygens (including phenoxy) is 2. The van der Waals surface area contributed by atoms with E-state index in [0.29, 0.717) is 45.0 Å². The normalized spacial score (nSPS) is 10.4. The Bertz CT molecular complexity index is 383. The number of hydrogen-bond donors (Lipinski definition) is 2. The summed E-state index contributed by atoms with van der Waals surface area (Å²) >= 11 is 0. The number of anilines is 2. The standard InChI is InChI=1S/C14H22N2O3/c1-2-18-9-10-19-8-4-7-14(17)16-13-6-3-5-12(15)11-13/h3,5-6,11H,2,4,7-10,15H2,1H3,(H,16,17). The third-order valence-electron chi connectivity index (χ3n) is 2.44. The molecule has 0 saturated heterocycles. The lowest BCUT2D eigenvalue weighted by Crippen LogP contribution is -2.13. The summed E-state index contributed by atoms with van der Waals surface area (Å²) in [5, 5.41) is 2.79. The molecule has 0 aliphatic rings. The maximum Gasteiger partial charge on any atom is 0.224 e. The van der Waals surface area contributed by atoms with Crippen LogP contribution in [0.2, 0.25) is 0 Å². The van der Waals surface area contributed by atoms with Crippen molar-refractivity contribution in [1.82, 2.24) is 0 Å². The molecule has 0 heterocycles. The second kappa shape index (κ2) is 9.35. The first-order valence-corrected chi connectivity index (χ1v) is 6.53. The van der Waals surface area contributed by atoms with E-state index < -0.39 is 0 Å². The number of nitrogens with two attached hydrogens (primary N) is 1. The van der Waals surface area contributed by atoms with Crippen molar-refractivity contribution >= 4 is 17.3 Å². The second-order valence-corrected chi connectivity index (χ2v) is 4.09. The van der Waals surface area contributed by atoms with Gasteiger partial charge in [-0.3, -0.25) is 4.79 Å². The summed E-state index contributed by atoms with van der Waals surface area (Å²) < 4.78 is 10.5. The second-order valence-electron chi connectivity index (χ2n) is 4.09. The Morgan fingerprint density at radius 3 is 2.79 bits per heavy atom. The smallest absolute Gasteiger partial charge is 0.224 e. The van der Waals surface area contributed by atoms with Crippen molar-refractivity contribution in [2.45, 2.75) is 19.8 Å². The maximum atomic E-state index is 11.6. The average Bonchev–Trinajstić information content (AvgIpc) is 2.37. The van der Waals surface area contributed by atoms with E-state index in [1.54, 1.807) is 12.1 Å². The molecule has 0 aliphatic carbocycles. The third kappa shape index (κ3) is 7.43. The molecule has 0 fully saturated rings. The minimum absolute atomic E-state index is 0.0287. The molecule has 0 aromatic heterocycles. The fourth-order valence-electron chi connectivity index (χ4n) is 1.54. The average molecular weight is 266 g/mol. The van der Waals surface area contributed by atoms with E-state index in [1.807, 2.05) is 19.1 Å². The van der Waals surface area contributed by atoms with Crippen molar-refractivity contribution in [3.63, 3.8) is 0 Å². The maximum absolute atomic E-state index is 11.6. The Morgan fingerprint density at radius 2 is 2.05 bits per heavy atom. The van der Waals surface area contributed by atoms with E-state index in [2.05, 4.69) is 5.32 Å². The molecule has 1 amide bonds. The summed E-state index contributed by atoms with van der Waals surface area (Å²) in [7, 11) is 0. The molecule has 106 valence electrons. The summed E-state index contributed by atoms with van der Waals surface area (Å²) in [5.74, 6) is -0.0287. The van der Waals surface area contributed by atoms with Gasteiger partial charge in [0.1, 0.15) is 0 Å². The molecule has 5 heteroatoms. The molecule has 0 aliphatic heterocycles. The highest BCUT2D eigenvalue weighted by Crippen LogP contribution is 2.12. The molecule has 1 aromatic rings. The van der Waals surface area contributed by atoms with Gasteiger partial charge in [-0.1, -0.05) is 6.07 Å². The van der Waals surface area contributed by atoms with E-state index >= 15 is 0 Å². The van der Waals surface area contributed by atoms with Gasteiger partial charge in [0.15, 0.2) is 0 Å². The molecule has 19 heavy (non-hydrogen) atoms. The van der Waals surface area contributed by atoms with Crippen molar-refractivity contribution in [1.29, 1.82) is 0 Å². The Balaban J connectivity index is 2.08. The Hall–Kier alpha value is -1.59. The summed E-state index contributed by atoms with van der Waals surface area (Å²) in [4.78, 5) is 11.6. The van der Waals surface area contributed by atoms with E-state index in [9.17, 15) is 4.79 Å². The third-order valence-corrected chi connectivity index (χ3v) is 2.44. The first kappa shape index (κ1) is 15.5. The van der Waals surface area contributed by atoms with Gasteiger partial charge in [0.05, 0.1) is 13.2 Å². The predicted molar refractivity (Wildman–Crippen MR) is 76.0 cm³/mol. The van der Waals surface area contributed by atoms with Gasteiger partial charge in [0, 0.05) is 31.0 Å². The molecule has 0 saturated carbocycles. The predicted octanol–water partition coefficient (Wildman–Crippen LogP) is 2.04. The van der Waals surface area contributed by atoms with Crippen molar-refractivity contribution in [2.75, 3.05) is 37.5 Å². The Kier molecular flexibility index (Phi) is 7.62. The highest BCUT2D eigenvalue weighted by atomic mass is 16.5. The lowest BCUT2D eigenvalue weighted by molar-refractivity contribution is -0.116. The number of carbonyl (C=O) groups is 1. The Morgan fingerprint density at radius 1 is 1.26 bits per heavy atom. The van der Waals surface area contributed by atoms with Crippen molar-refractivity contribution in [2.24, 2.45) is 0 Å². The van der Waals surface area contributed by atoms with Gasteiger partial charge in [0.2, 0.25) is 5.91 Å².